The summed E-state index contributed by atoms with van der Waals surface area (Å²) in [6.07, 6.45) is 0. The van der Waals surface area contributed by atoms with E-state index in [1.807, 2.05) is 308 Å². The third-order valence-corrected chi connectivity index (χ3v) is 26.1. The van der Waals surface area contributed by atoms with Crippen molar-refractivity contribution >= 4 is 148 Å². The van der Waals surface area contributed by atoms with Crippen molar-refractivity contribution in [2.45, 2.75) is 0 Å². The Morgan fingerprint density at radius 3 is 0.903 bits per heavy atom. The number of nitriles is 3. The zero-order chi connectivity index (χ0) is 96.6. The summed E-state index contributed by atoms with van der Waals surface area (Å²) in [5.41, 5.74) is 20.5. The van der Waals surface area contributed by atoms with Gasteiger partial charge in [0.15, 0.2) is 69.5 Å². The van der Waals surface area contributed by atoms with Gasteiger partial charge in [0, 0.05) is 109 Å². The van der Waals surface area contributed by atoms with Crippen LogP contribution in [0.3, 0.4) is 0 Å². The molecule has 27 aromatic rings. The van der Waals surface area contributed by atoms with Crippen molar-refractivity contribution in [3.05, 3.63) is 451 Å². The van der Waals surface area contributed by atoms with Crippen LogP contribution in [0.1, 0.15) is 16.7 Å². The molecule has 9 aromatic heterocycles. The van der Waals surface area contributed by atoms with E-state index in [-0.39, 0.29) is 0 Å². The van der Waals surface area contributed by atoms with Crippen LogP contribution < -0.4 is 0 Å². The average molecular weight is 1840 g/mol. The molecule has 666 valence electrons. The summed E-state index contributed by atoms with van der Waals surface area (Å²) in [7, 11) is 0. The van der Waals surface area contributed by atoms with Crippen molar-refractivity contribution in [2.75, 3.05) is 0 Å². The Bertz CT molecular complexity index is 9870. The van der Waals surface area contributed by atoms with E-state index in [2.05, 4.69) is 103 Å². The van der Waals surface area contributed by atoms with Crippen LogP contribution in [-0.2, 0) is 0 Å². The molecule has 0 fully saturated rings. The fourth-order valence-corrected chi connectivity index (χ4v) is 19.6. The topological polar surface area (TPSA) is 255 Å². The highest BCUT2D eigenvalue weighted by molar-refractivity contribution is 6.28. The first-order valence-corrected chi connectivity index (χ1v) is 46.1. The molecule has 18 aromatic carbocycles. The third kappa shape index (κ3) is 14.4. The van der Waals surface area contributed by atoms with E-state index in [1.165, 1.54) is 0 Å². The number of hydrogen-bond acceptors (Lipinski definition) is 15. The van der Waals surface area contributed by atoms with Gasteiger partial charge in [0.1, 0.15) is 51.7 Å². The molecule has 21 nitrogen and oxygen atoms in total. The van der Waals surface area contributed by atoms with Crippen LogP contribution in [0.25, 0.3) is 265 Å². The molecule has 0 aliphatic heterocycles. The molecule has 0 aliphatic rings. The van der Waals surface area contributed by atoms with Gasteiger partial charge in [-0.05, 0) is 109 Å². The summed E-state index contributed by atoms with van der Waals surface area (Å²) in [4.78, 5) is 55.3. The van der Waals surface area contributed by atoms with E-state index < -0.39 is 0 Å². The zero-order valence-corrected chi connectivity index (χ0v) is 75.9. The Balaban J connectivity index is 0.000000113. The first kappa shape index (κ1) is 84.5. The minimum absolute atomic E-state index is 0.322. The van der Waals surface area contributed by atoms with E-state index in [4.69, 9.17) is 77.8 Å². The monoisotopic (exact) mass is 1840 g/mol. The number of rotatable bonds is 12. The first-order chi connectivity index (χ1) is 71.1. The molecule has 0 spiro atoms. The Morgan fingerprint density at radius 2 is 0.507 bits per heavy atom. The maximum absolute atomic E-state index is 10.6. The van der Waals surface area contributed by atoms with Gasteiger partial charge in [0.25, 0.3) is 0 Å². The third-order valence-electron chi connectivity index (χ3n) is 26.1. The molecule has 0 amide bonds. The molecular formula is C123H66N18O3. The predicted molar refractivity (Wildman–Crippen MR) is 566 cm³/mol. The van der Waals surface area contributed by atoms with Gasteiger partial charge in [-0.3, -0.25) is 0 Å². The number of benzene rings is 18. The van der Waals surface area contributed by atoms with Crippen molar-refractivity contribution in [3.63, 3.8) is 0 Å². The van der Waals surface area contributed by atoms with Gasteiger partial charge in [0.05, 0.1) is 92.0 Å². The van der Waals surface area contributed by atoms with Crippen molar-refractivity contribution in [2.24, 2.45) is 0 Å². The SMILES string of the molecule is [C-]#[N+]c1cc(-n2c3ccccc3c3c4c(ccc32)oc2ccccc24)c(C#N)cc1-c1nc(-c2ccccc2)nc(-c2ccccc2)n1.[C-]#[N+]c1cc(-n2c3ccccc3c3c4oc5ccccc5c4ccc32)c(C#N)cc1-c1nc(-c2ccccc2)nc(-c2ccccc2)n1.[C-]#[N+]c1cc(-n2c3ccccc3c3cc4oc5ccccc5c4cc32)c(C#N)cc1-c1nc(-c2ccccc2)nc(-c2ccccc2)n1. The molecule has 0 aliphatic carbocycles. The number of para-hydroxylation sites is 6. The highest BCUT2D eigenvalue weighted by atomic mass is 16.3. The van der Waals surface area contributed by atoms with Gasteiger partial charge in [-0.2, -0.15) is 15.8 Å². The summed E-state index contributed by atoms with van der Waals surface area (Å²) in [5.74, 6) is 3.87. The van der Waals surface area contributed by atoms with Gasteiger partial charge in [0.2, 0.25) is 0 Å². The maximum atomic E-state index is 10.6. The normalized spacial score (nSPS) is 11.3. The number of aromatic nitrogens is 12. The average Bonchev–Trinajstić information content (AvgIpc) is 1.58. The quantitative estimate of drug-likeness (QED) is 0.103. The van der Waals surface area contributed by atoms with Crippen molar-refractivity contribution in [1.82, 2.24) is 58.6 Å². The van der Waals surface area contributed by atoms with E-state index in [0.29, 0.717) is 120 Å². The molecule has 0 bridgehead atoms. The number of nitrogens with zero attached hydrogens (tertiary/aromatic N) is 18. The second-order valence-electron chi connectivity index (χ2n) is 34.3. The lowest BCUT2D eigenvalue weighted by molar-refractivity contribution is 0.669. The zero-order valence-electron chi connectivity index (χ0n) is 75.9. The van der Waals surface area contributed by atoms with E-state index >= 15 is 0 Å². The molecule has 0 atom stereocenters. The molecule has 144 heavy (non-hydrogen) atoms. The number of furan rings is 3. The van der Waals surface area contributed by atoms with Crippen LogP contribution in [0.5, 0.6) is 0 Å². The van der Waals surface area contributed by atoms with Gasteiger partial charge in [-0.1, -0.05) is 291 Å². The molecule has 0 unspecified atom stereocenters. The standard InChI is InChI=1S/3C41H22N6O/c1-43-32-23-35(47-33-18-10-8-17-30(33)37-34(47)21-20-29-28-16-9-11-19-36(28)48-38(29)37)27(24-42)22-31(32)41-45-39(25-12-4-2-5-13-25)44-40(46-41)26-14-6-3-7-15-26;1-43-33-23-35(47-34-18-10-8-16-28(34)30-22-38-31(21-36(30)47)29-17-9-11-19-37(29)48-38)27(24-42)20-32(33)41-45-39(25-12-4-2-5-13-25)44-40(46-41)26-14-6-3-7-15-26;1-43-31-23-34(47-32-18-10-8-16-28(32)37-33(47)20-21-36-38(37)29-17-9-11-19-35(29)48-36)27(24-42)22-30(31)41-45-39(25-12-4-2-5-13-25)44-40(46-41)26-14-6-3-7-15-26/h3*2-23H. The second-order valence-corrected chi connectivity index (χ2v) is 34.3. The largest absolute Gasteiger partial charge is 0.456 e. The number of hydrogen-bond donors (Lipinski definition) is 0. The lowest BCUT2D eigenvalue weighted by atomic mass is 10.0. The molecule has 27 rings (SSSR count). The summed E-state index contributed by atoms with van der Waals surface area (Å²) in [6.45, 7) is 24.8. The Kier molecular flexibility index (Phi) is 20.6. The van der Waals surface area contributed by atoms with Crippen LogP contribution in [0, 0.1) is 53.7 Å². The minimum atomic E-state index is 0.322. The van der Waals surface area contributed by atoms with Gasteiger partial charge >= 0.3 is 0 Å². The first-order valence-electron chi connectivity index (χ1n) is 46.1. The van der Waals surface area contributed by atoms with E-state index in [0.717, 1.165) is 165 Å². The predicted octanol–water partition coefficient (Wildman–Crippen LogP) is 30.9. The molecule has 9 heterocycles. The number of fused-ring (bicyclic) bond motifs is 20. The molecule has 0 radical (unpaired) electrons. The summed E-state index contributed by atoms with van der Waals surface area (Å²) in [5, 5.41) is 44.0. The summed E-state index contributed by atoms with van der Waals surface area (Å²) < 4.78 is 25.1. The van der Waals surface area contributed by atoms with E-state index in [9.17, 15) is 15.8 Å². The Morgan fingerprint density at radius 1 is 0.208 bits per heavy atom. The fourth-order valence-electron chi connectivity index (χ4n) is 19.6. The van der Waals surface area contributed by atoms with Crippen LogP contribution in [0.4, 0.5) is 17.1 Å². The Hall–Kier alpha value is -21.3. The van der Waals surface area contributed by atoms with Crippen LogP contribution in [-0.4, -0.2) is 58.6 Å². The highest BCUT2D eigenvalue weighted by Gasteiger charge is 2.29. The Labute approximate surface area is 819 Å². The van der Waals surface area contributed by atoms with Gasteiger partial charge in [-0.15, -0.1) is 0 Å². The smallest absolute Gasteiger partial charge is 0.200 e. The second kappa shape index (κ2) is 35.1. The van der Waals surface area contributed by atoms with Crippen LogP contribution in [0.15, 0.2) is 414 Å². The molecular weight excluding hydrogens is 1780 g/mol. The minimum Gasteiger partial charge on any atom is -0.456 e. The van der Waals surface area contributed by atoms with Crippen LogP contribution in [0.2, 0.25) is 0 Å². The van der Waals surface area contributed by atoms with Crippen molar-refractivity contribution in [1.29, 1.82) is 15.8 Å². The van der Waals surface area contributed by atoms with Gasteiger partial charge in [-0.25, -0.2) is 59.4 Å². The van der Waals surface area contributed by atoms with Crippen LogP contribution >= 0.6 is 0 Å². The van der Waals surface area contributed by atoms with E-state index in [1.54, 1.807) is 36.4 Å². The lowest BCUT2D eigenvalue weighted by Crippen LogP contribution is -2.02. The van der Waals surface area contributed by atoms with Crippen molar-refractivity contribution in [3.8, 4) is 138 Å². The van der Waals surface area contributed by atoms with Crippen molar-refractivity contribution < 1.29 is 13.3 Å². The maximum Gasteiger partial charge on any atom is 0.200 e. The molecule has 0 saturated carbocycles. The summed E-state index contributed by atoms with van der Waals surface area (Å²) >= 11 is 0. The molecule has 0 saturated heterocycles. The summed E-state index contributed by atoms with van der Waals surface area (Å²) in [6, 6.07) is 136. The lowest BCUT2D eigenvalue weighted by Gasteiger charge is -2.14. The molecule has 0 N–H and O–H groups in total. The fraction of sp³-hybridized carbons (Fsp3) is 0. The van der Waals surface area contributed by atoms with Gasteiger partial charge < -0.3 is 27.0 Å². The molecule has 21 heteroatoms. The highest BCUT2D eigenvalue weighted by Crippen LogP contribution is 2.49.